The Labute approximate surface area is 156 Å². The van der Waals surface area contributed by atoms with Gasteiger partial charge in [-0.2, -0.15) is 11.3 Å². The van der Waals surface area contributed by atoms with E-state index in [-0.39, 0.29) is 5.91 Å². The number of hydrogen-bond acceptors (Lipinski definition) is 6. The van der Waals surface area contributed by atoms with Crippen LogP contribution in [0.1, 0.15) is 17.9 Å². The minimum Gasteiger partial charge on any atom is -0.421 e. The second kappa shape index (κ2) is 9.26. The van der Waals surface area contributed by atoms with Crippen LogP contribution >= 0.6 is 11.3 Å². The molecule has 2 heterocycles. The predicted molar refractivity (Wildman–Crippen MR) is 99.7 cm³/mol. The molecular weight excluding hydrogens is 350 g/mol. The monoisotopic (exact) mass is 371 g/mol. The number of aryl methyl sites for hydroxylation is 1. The fourth-order valence-electron chi connectivity index (χ4n) is 2.53. The second-order valence-electron chi connectivity index (χ2n) is 5.81. The quantitative estimate of drug-likeness (QED) is 0.577. The van der Waals surface area contributed by atoms with Crippen LogP contribution in [0.2, 0.25) is 0 Å². The standard InChI is InChI=1S/C19H21N3O3S/c1-24-11-10-22(13-15-5-3-2-4-6-15)18(23)8-7-17-20-21-19(25-17)16-9-12-26-14-16/h2-6,9,12,14H,7-8,10-11,13H2,1H3. The normalized spacial score (nSPS) is 10.8. The van der Waals surface area contributed by atoms with Gasteiger partial charge >= 0.3 is 0 Å². The molecule has 0 radical (unpaired) electrons. The average Bonchev–Trinajstić information content (AvgIpc) is 3.35. The van der Waals surface area contributed by atoms with Crippen molar-refractivity contribution in [3.63, 3.8) is 0 Å². The Kier molecular flexibility index (Phi) is 6.51. The van der Waals surface area contributed by atoms with E-state index < -0.39 is 0 Å². The van der Waals surface area contributed by atoms with Crippen molar-refractivity contribution in [3.8, 4) is 11.5 Å². The predicted octanol–water partition coefficient (Wildman–Crippen LogP) is 3.41. The molecule has 0 saturated heterocycles. The number of amides is 1. The van der Waals surface area contributed by atoms with Gasteiger partial charge in [-0.1, -0.05) is 30.3 Å². The maximum absolute atomic E-state index is 12.6. The largest absolute Gasteiger partial charge is 0.421 e. The number of ether oxygens (including phenoxy) is 1. The molecular formula is C19H21N3O3S. The van der Waals surface area contributed by atoms with Crippen molar-refractivity contribution >= 4 is 17.2 Å². The van der Waals surface area contributed by atoms with Gasteiger partial charge in [0.2, 0.25) is 17.7 Å². The summed E-state index contributed by atoms with van der Waals surface area (Å²) in [7, 11) is 1.63. The Bertz CT molecular complexity index is 803. The van der Waals surface area contributed by atoms with Crippen molar-refractivity contribution < 1.29 is 13.9 Å². The van der Waals surface area contributed by atoms with Gasteiger partial charge in [0.1, 0.15) is 0 Å². The molecule has 136 valence electrons. The third kappa shape index (κ3) is 5.00. The smallest absolute Gasteiger partial charge is 0.248 e. The van der Waals surface area contributed by atoms with E-state index in [9.17, 15) is 4.79 Å². The molecule has 3 aromatic rings. The van der Waals surface area contributed by atoms with E-state index in [1.807, 2.05) is 47.2 Å². The molecule has 0 aliphatic carbocycles. The lowest BCUT2D eigenvalue weighted by Crippen LogP contribution is -2.33. The number of carbonyl (C=O) groups is 1. The molecule has 0 bridgehead atoms. The minimum absolute atomic E-state index is 0.0428. The van der Waals surface area contributed by atoms with Gasteiger partial charge in [0.25, 0.3) is 0 Å². The molecule has 0 N–H and O–H groups in total. The zero-order chi connectivity index (χ0) is 18.2. The highest BCUT2D eigenvalue weighted by Gasteiger charge is 2.16. The number of thiophene rings is 1. The van der Waals surface area contributed by atoms with E-state index >= 15 is 0 Å². The number of carbonyl (C=O) groups excluding carboxylic acids is 1. The van der Waals surface area contributed by atoms with Gasteiger partial charge in [0.15, 0.2) is 0 Å². The van der Waals surface area contributed by atoms with E-state index in [1.54, 1.807) is 23.3 Å². The molecule has 0 unspecified atom stereocenters. The number of methoxy groups -OCH3 is 1. The molecule has 2 aromatic heterocycles. The lowest BCUT2D eigenvalue weighted by Gasteiger charge is -2.22. The van der Waals surface area contributed by atoms with Gasteiger partial charge < -0.3 is 14.1 Å². The van der Waals surface area contributed by atoms with Crippen LogP contribution in [-0.4, -0.2) is 41.3 Å². The van der Waals surface area contributed by atoms with E-state index in [0.29, 0.717) is 44.3 Å². The van der Waals surface area contributed by atoms with Crippen LogP contribution in [0.5, 0.6) is 0 Å². The zero-order valence-electron chi connectivity index (χ0n) is 14.6. The maximum atomic E-state index is 12.6. The van der Waals surface area contributed by atoms with E-state index in [1.165, 1.54) is 0 Å². The summed E-state index contributed by atoms with van der Waals surface area (Å²) in [6.45, 7) is 1.61. The van der Waals surface area contributed by atoms with Crippen molar-refractivity contribution in [1.29, 1.82) is 0 Å². The molecule has 0 aliphatic heterocycles. The Balaban J connectivity index is 1.58. The number of nitrogens with zero attached hydrogens (tertiary/aromatic N) is 3. The Morgan fingerprint density at radius 3 is 2.81 bits per heavy atom. The van der Waals surface area contributed by atoms with Crippen LogP contribution in [0.4, 0.5) is 0 Å². The molecule has 3 rings (SSSR count). The van der Waals surface area contributed by atoms with Gasteiger partial charge in [-0.15, -0.1) is 10.2 Å². The maximum Gasteiger partial charge on any atom is 0.248 e. The van der Waals surface area contributed by atoms with Crippen molar-refractivity contribution in [2.75, 3.05) is 20.3 Å². The molecule has 0 atom stereocenters. The van der Waals surface area contributed by atoms with Gasteiger partial charge in [-0.05, 0) is 17.0 Å². The summed E-state index contributed by atoms with van der Waals surface area (Å²) >= 11 is 1.57. The third-order valence-corrected chi connectivity index (χ3v) is 4.61. The first-order valence-electron chi connectivity index (χ1n) is 8.42. The summed E-state index contributed by atoms with van der Waals surface area (Å²) in [4.78, 5) is 14.4. The summed E-state index contributed by atoms with van der Waals surface area (Å²) in [5.74, 6) is 1.02. The fraction of sp³-hybridized carbons (Fsp3) is 0.316. The first kappa shape index (κ1) is 18.3. The highest BCUT2D eigenvalue weighted by Crippen LogP contribution is 2.21. The van der Waals surface area contributed by atoms with Crippen LogP contribution in [0, 0.1) is 0 Å². The third-order valence-electron chi connectivity index (χ3n) is 3.92. The Morgan fingerprint density at radius 2 is 2.08 bits per heavy atom. The summed E-state index contributed by atoms with van der Waals surface area (Å²) in [5, 5.41) is 12.0. The zero-order valence-corrected chi connectivity index (χ0v) is 15.4. The summed E-state index contributed by atoms with van der Waals surface area (Å²) in [6.07, 6.45) is 0.746. The summed E-state index contributed by atoms with van der Waals surface area (Å²) < 4.78 is 10.8. The fourth-order valence-corrected chi connectivity index (χ4v) is 3.16. The van der Waals surface area contributed by atoms with Crippen molar-refractivity contribution in [3.05, 3.63) is 58.6 Å². The highest BCUT2D eigenvalue weighted by molar-refractivity contribution is 7.08. The molecule has 26 heavy (non-hydrogen) atoms. The van der Waals surface area contributed by atoms with E-state index in [4.69, 9.17) is 9.15 Å². The minimum atomic E-state index is 0.0428. The first-order valence-corrected chi connectivity index (χ1v) is 9.36. The molecule has 1 aromatic carbocycles. The topological polar surface area (TPSA) is 68.5 Å². The molecule has 0 spiro atoms. The van der Waals surface area contributed by atoms with Crippen molar-refractivity contribution in [1.82, 2.24) is 15.1 Å². The molecule has 7 heteroatoms. The molecule has 1 amide bonds. The number of benzene rings is 1. The Morgan fingerprint density at radius 1 is 1.23 bits per heavy atom. The highest BCUT2D eigenvalue weighted by atomic mass is 32.1. The van der Waals surface area contributed by atoms with Crippen LogP contribution in [-0.2, 0) is 22.5 Å². The lowest BCUT2D eigenvalue weighted by atomic mass is 10.2. The number of aromatic nitrogens is 2. The van der Waals surface area contributed by atoms with Crippen LogP contribution < -0.4 is 0 Å². The van der Waals surface area contributed by atoms with E-state index in [0.717, 1.165) is 11.1 Å². The summed E-state index contributed by atoms with van der Waals surface area (Å²) in [5.41, 5.74) is 2.00. The summed E-state index contributed by atoms with van der Waals surface area (Å²) in [6, 6.07) is 11.9. The van der Waals surface area contributed by atoms with Gasteiger partial charge in [0, 0.05) is 44.0 Å². The van der Waals surface area contributed by atoms with Crippen LogP contribution in [0.15, 0.2) is 51.6 Å². The lowest BCUT2D eigenvalue weighted by molar-refractivity contribution is -0.132. The van der Waals surface area contributed by atoms with Crippen LogP contribution in [0.25, 0.3) is 11.5 Å². The number of hydrogen-bond donors (Lipinski definition) is 0. The van der Waals surface area contributed by atoms with Gasteiger partial charge in [0.05, 0.1) is 6.61 Å². The van der Waals surface area contributed by atoms with Crippen molar-refractivity contribution in [2.24, 2.45) is 0 Å². The average molecular weight is 371 g/mol. The van der Waals surface area contributed by atoms with Gasteiger partial charge in [-0.25, -0.2) is 0 Å². The number of rotatable bonds is 9. The van der Waals surface area contributed by atoms with E-state index in [2.05, 4.69) is 10.2 Å². The first-order chi connectivity index (χ1) is 12.8. The Hall–Kier alpha value is -2.51. The van der Waals surface area contributed by atoms with Gasteiger partial charge in [-0.3, -0.25) is 4.79 Å². The second-order valence-corrected chi connectivity index (χ2v) is 6.59. The molecule has 6 nitrogen and oxygen atoms in total. The molecule has 0 aliphatic rings. The van der Waals surface area contributed by atoms with Crippen LogP contribution in [0.3, 0.4) is 0 Å². The molecule has 0 fully saturated rings. The molecule has 0 saturated carbocycles. The SMILES string of the molecule is COCCN(Cc1ccccc1)C(=O)CCc1nnc(-c2ccsc2)o1. The van der Waals surface area contributed by atoms with Crippen molar-refractivity contribution in [2.45, 2.75) is 19.4 Å².